The van der Waals surface area contributed by atoms with Gasteiger partial charge in [-0.3, -0.25) is 0 Å². The van der Waals surface area contributed by atoms with Crippen molar-refractivity contribution < 1.29 is 17.6 Å². The smallest absolute Gasteiger partial charge is 0.319 e. The van der Waals surface area contributed by atoms with Crippen LogP contribution in [0.3, 0.4) is 0 Å². The van der Waals surface area contributed by atoms with Gasteiger partial charge in [-0.25, -0.2) is 8.78 Å². The number of halogens is 5. The van der Waals surface area contributed by atoms with Gasteiger partial charge in [-0.2, -0.15) is 8.78 Å². The van der Waals surface area contributed by atoms with Crippen LogP contribution >= 0.6 is 11.6 Å². The summed E-state index contributed by atoms with van der Waals surface area (Å²) in [5.74, 6) is -4.04. The van der Waals surface area contributed by atoms with Crippen molar-refractivity contribution in [3.63, 3.8) is 0 Å². The molecule has 1 aromatic carbocycles. The SMILES string of the molecule is Nc1cc(Cl)cc(CNCC(F)(F)C(F)F)c1. The third-order valence-corrected chi connectivity index (χ3v) is 2.21. The molecule has 0 aliphatic heterocycles. The number of rotatable bonds is 5. The summed E-state index contributed by atoms with van der Waals surface area (Å²) in [5.41, 5.74) is 6.42. The molecule has 0 unspecified atom stereocenters. The van der Waals surface area contributed by atoms with Crippen LogP contribution in [0.1, 0.15) is 5.56 Å². The molecule has 0 fully saturated rings. The van der Waals surface area contributed by atoms with Gasteiger partial charge in [-0.1, -0.05) is 11.6 Å². The highest BCUT2D eigenvalue weighted by molar-refractivity contribution is 6.30. The van der Waals surface area contributed by atoms with Crippen LogP contribution in [-0.2, 0) is 6.54 Å². The second-order valence-electron chi connectivity index (χ2n) is 3.56. The summed E-state index contributed by atoms with van der Waals surface area (Å²) in [7, 11) is 0. The van der Waals surface area contributed by atoms with E-state index in [1.807, 2.05) is 0 Å². The Labute approximate surface area is 101 Å². The van der Waals surface area contributed by atoms with E-state index in [1.54, 1.807) is 0 Å². The van der Waals surface area contributed by atoms with Crippen molar-refractivity contribution in [2.45, 2.75) is 18.9 Å². The van der Waals surface area contributed by atoms with Gasteiger partial charge >= 0.3 is 12.3 Å². The Bertz CT molecular complexity index is 364. The Kier molecular flexibility index (Phi) is 4.59. The number of nitrogens with two attached hydrogens (primary N) is 1. The molecule has 0 amide bonds. The van der Waals surface area contributed by atoms with Gasteiger partial charge in [0.15, 0.2) is 0 Å². The van der Waals surface area contributed by atoms with Crippen molar-refractivity contribution >= 4 is 17.3 Å². The first-order valence-corrected chi connectivity index (χ1v) is 5.10. The number of alkyl halides is 4. The largest absolute Gasteiger partial charge is 0.399 e. The standard InChI is InChI=1S/C10H11ClF4N2/c11-7-1-6(2-8(16)3-7)4-17-5-10(14,15)9(12)13/h1-3,9,17H,4-5,16H2. The molecule has 7 heteroatoms. The second kappa shape index (κ2) is 5.55. The average molecular weight is 271 g/mol. The zero-order valence-electron chi connectivity index (χ0n) is 8.69. The van der Waals surface area contributed by atoms with Gasteiger partial charge < -0.3 is 11.1 Å². The molecule has 96 valence electrons. The van der Waals surface area contributed by atoms with E-state index in [0.717, 1.165) is 0 Å². The minimum atomic E-state index is -4.04. The lowest BCUT2D eigenvalue weighted by atomic mass is 10.2. The molecular formula is C10H11ClF4N2. The molecule has 1 rings (SSSR count). The van der Waals surface area contributed by atoms with Crippen molar-refractivity contribution in [2.24, 2.45) is 0 Å². The van der Waals surface area contributed by atoms with E-state index in [9.17, 15) is 17.6 Å². The van der Waals surface area contributed by atoms with E-state index in [2.05, 4.69) is 5.32 Å². The number of benzene rings is 1. The van der Waals surface area contributed by atoms with Crippen LogP contribution in [-0.4, -0.2) is 18.9 Å². The maximum Gasteiger partial charge on any atom is 0.319 e. The molecule has 0 spiro atoms. The Morgan fingerprint density at radius 3 is 2.47 bits per heavy atom. The third kappa shape index (κ3) is 4.40. The van der Waals surface area contributed by atoms with Crippen molar-refractivity contribution in [3.8, 4) is 0 Å². The lowest BCUT2D eigenvalue weighted by molar-refractivity contribution is -0.125. The van der Waals surface area contributed by atoms with Crippen molar-refractivity contribution in [1.29, 1.82) is 0 Å². The first-order valence-electron chi connectivity index (χ1n) is 4.73. The minimum Gasteiger partial charge on any atom is -0.399 e. The van der Waals surface area contributed by atoms with Crippen LogP contribution in [0.4, 0.5) is 23.2 Å². The Morgan fingerprint density at radius 1 is 1.29 bits per heavy atom. The van der Waals surface area contributed by atoms with E-state index in [4.69, 9.17) is 17.3 Å². The highest BCUT2D eigenvalue weighted by Crippen LogP contribution is 2.22. The number of anilines is 1. The maximum atomic E-state index is 12.5. The first-order chi connectivity index (χ1) is 7.81. The summed E-state index contributed by atoms with van der Waals surface area (Å²) in [6.45, 7) is -1.11. The molecule has 0 radical (unpaired) electrons. The Balaban J connectivity index is 2.51. The fraction of sp³-hybridized carbons (Fsp3) is 0.400. The van der Waals surface area contributed by atoms with Gasteiger partial charge in [0.2, 0.25) is 0 Å². The van der Waals surface area contributed by atoms with Crippen LogP contribution in [0, 0.1) is 0 Å². The van der Waals surface area contributed by atoms with Gasteiger partial charge in [-0.15, -0.1) is 0 Å². The van der Waals surface area contributed by atoms with Crippen LogP contribution in [0.2, 0.25) is 5.02 Å². The first kappa shape index (κ1) is 14.1. The summed E-state index contributed by atoms with van der Waals surface area (Å²) in [4.78, 5) is 0. The van der Waals surface area contributed by atoms with Gasteiger partial charge in [-0.05, 0) is 23.8 Å². The molecule has 3 N–H and O–H groups in total. The summed E-state index contributed by atoms with van der Waals surface area (Å²) in [6, 6.07) is 4.55. The molecule has 0 atom stereocenters. The van der Waals surface area contributed by atoms with E-state index in [0.29, 0.717) is 16.3 Å². The summed E-state index contributed by atoms with van der Waals surface area (Å²) in [6.07, 6.45) is -3.68. The molecule has 17 heavy (non-hydrogen) atoms. The maximum absolute atomic E-state index is 12.5. The fourth-order valence-electron chi connectivity index (χ4n) is 1.23. The van der Waals surface area contributed by atoms with Gasteiger partial charge in [0, 0.05) is 17.3 Å². The second-order valence-corrected chi connectivity index (χ2v) is 3.99. The van der Waals surface area contributed by atoms with E-state index in [-0.39, 0.29) is 6.54 Å². The molecule has 2 nitrogen and oxygen atoms in total. The number of hydrogen-bond acceptors (Lipinski definition) is 2. The predicted octanol–water partition coefficient (Wildman–Crippen LogP) is 2.91. The average Bonchev–Trinajstić information content (AvgIpc) is 2.15. The normalized spacial score (nSPS) is 12.1. The van der Waals surface area contributed by atoms with Crippen molar-refractivity contribution in [2.75, 3.05) is 12.3 Å². The van der Waals surface area contributed by atoms with Gasteiger partial charge in [0.25, 0.3) is 0 Å². The zero-order chi connectivity index (χ0) is 13.1. The Hall–Kier alpha value is -1.01. The van der Waals surface area contributed by atoms with Crippen LogP contribution in [0.5, 0.6) is 0 Å². The van der Waals surface area contributed by atoms with E-state index < -0.39 is 18.9 Å². The number of nitrogens with one attached hydrogen (secondary N) is 1. The van der Waals surface area contributed by atoms with Crippen LogP contribution in [0.25, 0.3) is 0 Å². The highest BCUT2D eigenvalue weighted by Gasteiger charge is 2.39. The number of hydrogen-bond donors (Lipinski definition) is 2. The molecule has 1 aromatic rings. The molecule has 0 aromatic heterocycles. The molecule has 0 heterocycles. The quantitative estimate of drug-likeness (QED) is 0.638. The predicted molar refractivity (Wildman–Crippen MR) is 58.5 cm³/mol. The van der Waals surface area contributed by atoms with Gasteiger partial charge in [0.1, 0.15) is 0 Å². The molecule has 0 bridgehead atoms. The summed E-state index contributed by atoms with van der Waals surface area (Å²) < 4.78 is 48.8. The summed E-state index contributed by atoms with van der Waals surface area (Å²) >= 11 is 5.69. The molecule has 0 aliphatic carbocycles. The zero-order valence-corrected chi connectivity index (χ0v) is 9.45. The van der Waals surface area contributed by atoms with Crippen LogP contribution in [0.15, 0.2) is 18.2 Å². The lowest BCUT2D eigenvalue weighted by Crippen LogP contribution is -2.38. The lowest BCUT2D eigenvalue weighted by Gasteiger charge is -2.15. The van der Waals surface area contributed by atoms with Crippen molar-refractivity contribution in [1.82, 2.24) is 5.32 Å². The van der Waals surface area contributed by atoms with Gasteiger partial charge in [0.05, 0.1) is 6.54 Å². The third-order valence-electron chi connectivity index (χ3n) is 1.99. The van der Waals surface area contributed by atoms with Crippen LogP contribution < -0.4 is 11.1 Å². The van der Waals surface area contributed by atoms with E-state index >= 15 is 0 Å². The molecular weight excluding hydrogens is 260 g/mol. The summed E-state index contributed by atoms with van der Waals surface area (Å²) in [5, 5.41) is 2.60. The van der Waals surface area contributed by atoms with E-state index in [1.165, 1.54) is 18.2 Å². The Morgan fingerprint density at radius 2 is 1.94 bits per heavy atom. The molecule has 0 aliphatic rings. The topological polar surface area (TPSA) is 38.0 Å². The number of nitrogen functional groups attached to an aromatic ring is 1. The fourth-order valence-corrected chi connectivity index (χ4v) is 1.49. The van der Waals surface area contributed by atoms with Crippen molar-refractivity contribution in [3.05, 3.63) is 28.8 Å². The molecule has 0 saturated carbocycles. The minimum absolute atomic E-state index is 0.00688. The highest BCUT2D eigenvalue weighted by atomic mass is 35.5. The monoisotopic (exact) mass is 270 g/mol. The molecule has 0 saturated heterocycles.